The van der Waals surface area contributed by atoms with E-state index in [-0.39, 0.29) is 24.6 Å². The summed E-state index contributed by atoms with van der Waals surface area (Å²) in [6.45, 7) is 4.25. The van der Waals surface area contributed by atoms with Crippen LogP contribution in [0.3, 0.4) is 0 Å². The van der Waals surface area contributed by atoms with E-state index in [4.69, 9.17) is 0 Å². The minimum absolute atomic E-state index is 0.0608. The molecule has 42 heavy (non-hydrogen) atoms. The van der Waals surface area contributed by atoms with Crippen LogP contribution in [0.25, 0.3) is 22.2 Å². The standard InChI is InChI=1S/C29H32F4N8O/c1-18(39-9-11-40(12-10-39)25(42)14-29(31,32)33)20-7-8-34-24(13-20)37-28-36-23-6-5-22(26(30)27(23)38-28)21-15-35-41(17-21)16-19-3-2-4-19/h5-8,13,15,17-19H,2-4,9-12,14,16H2,1H3,(H2,34,36,37,38). The Morgan fingerprint density at radius 3 is 2.67 bits per heavy atom. The van der Waals surface area contributed by atoms with E-state index < -0.39 is 24.3 Å². The van der Waals surface area contributed by atoms with Crippen molar-refractivity contribution >= 4 is 28.7 Å². The van der Waals surface area contributed by atoms with Crippen LogP contribution in [0.2, 0.25) is 0 Å². The number of nitrogens with one attached hydrogen (secondary N) is 2. The third-order valence-corrected chi connectivity index (χ3v) is 8.29. The fraction of sp³-hybridized carbons (Fsp3) is 0.448. The summed E-state index contributed by atoms with van der Waals surface area (Å²) < 4.78 is 55.2. The second-order valence-corrected chi connectivity index (χ2v) is 11.1. The van der Waals surface area contributed by atoms with E-state index in [0.717, 1.165) is 12.1 Å². The second-order valence-electron chi connectivity index (χ2n) is 11.1. The molecular formula is C29H32F4N8O. The lowest BCUT2D eigenvalue weighted by molar-refractivity contribution is -0.162. The highest BCUT2D eigenvalue weighted by Gasteiger charge is 2.35. The summed E-state index contributed by atoms with van der Waals surface area (Å²) >= 11 is 0. The molecule has 6 rings (SSSR count). The number of piperazine rings is 1. The highest BCUT2D eigenvalue weighted by atomic mass is 19.4. The molecule has 13 heteroatoms. The molecule has 2 aliphatic rings. The molecule has 1 amide bonds. The van der Waals surface area contributed by atoms with Crippen LogP contribution < -0.4 is 5.32 Å². The Labute approximate surface area is 239 Å². The van der Waals surface area contributed by atoms with Crippen LogP contribution >= 0.6 is 0 Å². The summed E-state index contributed by atoms with van der Waals surface area (Å²) in [5.74, 6) is 0.207. The number of hydrogen-bond acceptors (Lipinski definition) is 6. The zero-order chi connectivity index (χ0) is 29.4. The van der Waals surface area contributed by atoms with Gasteiger partial charge in [0.1, 0.15) is 17.8 Å². The Morgan fingerprint density at radius 2 is 1.95 bits per heavy atom. The number of rotatable bonds is 8. The van der Waals surface area contributed by atoms with E-state index in [9.17, 15) is 18.0 Å². The number of fused-ring (bicyclic) bond motifs is 1. The smallest absolute Gasteiger partial charge is 0.340 e. The van der Waals surface area contributed by atoms with Crippen molar-refractivity contribution < 1.29 is 22.4 Å². The van der Waals surface area contributed by atoms with E-state index in [1.54, 1.807) is 24.5 Å². The number of amides is 1. The van der Waals surface area contributed by atoms with Crippen molar-refractivity contribution in [3.05, 3.63) is 54.2 Å². The quantitative estimate of drug-likeness (QED) is 0.260. The molecule has 222 valence electrons. The van der Waals surface area contributed by atoms with Gasteiger partial charge < -0.3 is 15.2 Å². The van der Waals surface area contributed by atoms with Crippen molar-refractivity contribution in [1.82, 2.24) is 34.5 Å². The third-order valence-electron chi connectivity index (χ3n) is 8.29. The highest BCUT2D eigenvalue weighted by Crippen LogP contribution is 2.32. The van der Waals surface area contributed by atoms with Crippen molar-refractivity contribution in [2.24, 2.45) is 5.92 Å². The maximum atomic E-state index is 15.6. The number of aromatic nitrogens is 5. The molecule has 0 bridgehead atoms. The number of benzene rings is 1. The van der Waals surface area contributed by atoms with Gasteiger partial charge in [-0.1, -0.05) is 6.42 Å². The molecule has 1 aromatic carbocycles. The first kappa shape index (κ1) is 28.1. The van der Waals surface area contributed by atoms with Crippen LogP contribution in [0.4, 0.5) is 29.3 Å². The van der Waals surface area contributed by atoms with Gasteiger partial charge in [-0.25, -0.2) is 14.4 Å². The topological polar surface area (TPSA) is 95.0 Å². The van der Waals surface area contributed by atoms with E-state index in [1.807, 2.05) is 29.9 Å². The number of halogens is 4. The minimum atomic E-state index is -4.51. The number of aromatic amines is 1. The summed E-state index contributed by atoms with van der Waals surface area (Å²) in [7, 11) is 0. The predicted octanol–water partition coefficient (Wildman–Crippen LogP) is 5.66. The zero-order valence-electron chi connectivity index (χ0n) is 23.2. The maximum absolute atomic E-state index is 15.6. The fourth-order valence-electron chi connectivity index (χ4n) is 5.62. The molecule has 0 radical (unpaired) electrons. The van der Waals surface area contributed by atoms with Crippen LogP contribution in [0, 0.1) is 11.7 Å². The molecular weight excluding hydrogens is 552 g/mol. The zero-order valence-corrected chi connectivity index (χ0v) is 23.2. The summed E-state index contributed by atoms with van der Waals surface area (Å²) in [4.78, 5) is 27.2. The first-order chi connectivity index (χ1) is 20.1. The molecule has 1 saturated heterocycles. The van der Waals surface area contributed by atoms with Gasteiger partial charge in [0.2, 0.25) is 11.9 Å². The molecule has 9 nitrogen and oxygen atoms in total. The number of carbonyl (C=O) groups excluding carboxylic acids is 1. The van der Waals surface area contributed by atoms with Crippen LogP contribution in [0.15, 0.2) is 42.9 Å². The molecule has 1 aliphatic heterocycles. The van der Waals surface area contributed by atoms with Crippen molar-refractivity contribution in [3.8, 4) is 11.1 Å². The summed E-state index contributed by atoms with van der Waals surface area (Å²) in [6, 6.07) is 7.15. The van der Waals surface area contributed by atoms with Crippen molar-refractivity contribution in [2.75, 3.05) is 31.5 Å². The minimum Gasteiger partial charge on any atom is -0.340 e. The normalized spacial score (nSPS) is 17.4. The Hall–Kier alpha value is -4.00. The molecule has 2 fully saturated rings. The van der Waals surface area contributed by atoms with E-state index in [0.29, 0.717) is 47.4 Å². The number of imidazole rings is 1. The summed E-state index contributed by atoms with van der Waals surface area (Å²) in [6.07, 6.45) is 2.97. The van der Waals surface area contributed by atoms with Gasteiger partial charge in [-0.3, -0.25) is 14.4 Å². The van der Waals surface area contributed by atoms with Gasteiger partial charge >= 0.3 is 6.18 Å². The molecule has 4 heterocycles. The van der Waals surface area contributed by atoms with Gasteiger partial charge in [0.25, 0.3) is 0 Å². The number of nitrogens with zero attached hydrogens (tertiary/aromatic N) is 6. The number of hydrogen-bond donors (Lipinski definition) is 2. The SMILES string of the molecule is CC(c1ccnc(Nc2nc3ccc(-c4cnn(CC5CCC5)c4)c(F)c3[nH]2)c1)N1CCN(C(=O)CC(F)(F)F)CC1. The van der Waals surface area contributed by atoms with Gasteiger partial charge in [-0.05, 0) is 55.5 Å². The average molecular weight is 585 g/mol. The fourth-order valence-corrected chi connectivity index (χ4v) is 5.62. The summed E-state index contributed by atoms with van der Waals surface area (Å²) in [5.41, 5.74) is 2.86. The number of alkyl halides is 3. The van der Waals surface area contributed by atoms with Gasteiger partial charge in [-0.2, -0.15) is 18.3 Å². The van der Waals surface area contributed by atoms with Crippen molar-refractivity contribution in [1.29, 1.82) is 0 Å². The van der Waals surface area contributed by atoms with Gasteiger partial charge in [0.05, 0.1) is 11.7 Å². The number of anilines is 2. The first-order valence-electron chi connectivity index (χ1n) is 14.2. The first-order valence-corrected chi connectivity index (χ1v) is 14.2. The molecule has 3 aromatic heterocycles. The average Bonchev–Trinajstić information content (AvgIpc) is 3.57. The number of pyridine rings is 1. The third kappa shape index (κ3) is 6.10. The Kier molecular flexibility index (Phi) is 7.60. The van der Waals surface area contributed by atoms with Crippen molar-refractivity contribution in [3.63, 3.8) is 0 Å². The van der Waals surface area contributed by atoms with E-state index in [2.05, 4.69) is 30.3 Å². The molecule has 0 spiro atoms. The Morgan fingerprint density at radius 1 is 1.17 bits per heavy atom. The molecule has 4 aromatic rings. The lowest BCUT2D eigenvalue weighted by Crippen LogP contribution is -2.50. The van der Waals surface area contributed by atoms with E-state index in [1.165, 1.54) is 24.2 Å². The molecule has 2 N–H and O–H groups in total. The van der Waals surface area contributed by atoms with Crippen LogP contribution in [0.1, 0.15) is 44.2 Å². The van der Waals surface area contributed by atoms with Crippen LogP contribution in [-0.2, 0) is 11.3 Å². The lowest BCUT2D eigenvalue weighted by atomic mass is 9.85. The van der Waals surface area contributed by atoms with Gasteiger partial charge in [0, 0.05) is 62.3 Å². The van der Waals surface area contributed by atoms with E-state index >= 15 is 4.39 Å². The predicted molar refractivity (Wildman–Crippen MR) is 149 cm³/mol. The largest absolute Gasteiger partial charge is 0.397 e. The number of carbonyl (C=O) groups is 1. The monoisotopic (exact) mass is 584 g/mol. The molecule has 1 unspecified atom stereocenters. The molecule has 1 aliphatic carbocycles. The Bertz CT molecular complexity index is 1570. The maximum Gasteiger partial charge on any atom is 0.397 e. The van der Waals surface area contributed by atoms with Gasteiger partial charge in [-0.15, -0.1) is 0 Å². The van der Waals surface area contributed by atoms with Gasteiger partial charge in [0.15, 0.2) is 5.82 Å². The second kappa shape index (κ2) is 11.3. The summed E-state index contributed by atoms with van der Waals surface area (Å²) in [5, 5.41) is 7.54. The molecule has 1 atom stereocenters. The van der Waals surface area contributed by atoms with Crippen molar-refractivity contribution in [2.45, 2.75) is 51.4 Å². The number of H-pyrrole nitrogens is 1. The lowest BCUT2D eigenvalue weighted by Gasteiger charge is -2.38. The van der Waals surface area contributed by atoms with Crippen LogP contribution in [-0.4, -0.2) is 72.8 Å². The van der Waals surface area contributed by atoms with Crippen LogP contribution in [0.5, 0.6) is 0 Å². The molecule has 1 saturated carbocycles. The highest BCUT2D eigenvalue weighted by molar-refractivity contribution is 5.84. The Balaban J connectivity index is 1.11.